The number of aryl methyl sites for hydroxylation is 2. The van der Waals surface area contributed by atoms with Crippen molar-refractivity contribution in [2.45, 2.75) is 90.9 Å². The van der Waals surface area contributed by atoms with Gasteiger partial charge in [-0.15, -0.1) is 5.10 Å². The highest BCUT2D eigenvalue weighted by Crippen LogP contribution is 2.33. The molecule has 0 unspecified atom stereocenters. The third-order valence-corrected chi connectivity index (χ3v) is 7.88. The molecule has 0 amide bonds. The first-order chi connectivity index (χ1) is 18.0. The van der Waals surface area contributed by atoms with Crippen LogP contribution in [0.4, 0.5) is 0 Å². The second kappa shape index (κ2) is 11.4. The largest absolute Gasteiger partial charge is 0.322 e. The first-order valence-electron chi connectivity index (χ1n) is 13.7. The zero-order chi connectivity index (χ0) is 25.8. The fraction of sp³-hybridized carbons (Fsp3) is 0.467. The molecule has 5 rings (SSSR count). The lowest BCUT2D eigenvalue weighted by atomic mass is 9.95. The standard InChI is InChI=1S/C30H38N6O/c1-4-11-28(29-32-33-34-36(29)26-14-9-6-10-15-26)35(19-23-12-7-5-8-13-23)20-25-18-24-16-21(2)22(3)17-27(24)31-30(25)37/h5,7-8,12-13,16-18,26,28H,4,6,9-11,14-15,19-20H2,1-3H3,(H,31,37)/t28-/m1/s1. The molecule has 2 aromatic carbocycles. The van der Waals surface area contributed by atoms with E-state index in [0.29, 0.717) is 19.1 Å². The zero-order valence-corrected chi connectivity index (χ0v) is 22.3. The van der Waals surface area contributed by atoms with Gasteiger partial charge in [-0.25, -0.2) is 4.68 Å². The molecule has 2 aromatic heterocycles. The van der Waals surface area contributed by atoms with Crippen molar-refractivity contribution in [3.8, 4) is 0 Å². The number of pyridine rings is 1. The number of benzene rings is 2. The van der Waals surface area contributed by atoms with Gasteiger partial charge in [0.05, 0.1) is 12.1 Å². The molecule has 7 heteroatoms. The van der Waals surface area contributed by atoms with Crippen LogP contribution in [0.25, 0.3) is 10.9 Å². The van der Waals surface area contributed by atoms with Crippen molar-refractivity contribution in [2.75, 3.05) is 0 Å². The highest BCUT2D eigenvalue weighted by Gasteiger charge is 2.29. The summed E-state index contributed by atoms with van der Waals surface area (Å²) in [6.45, 7) is 7.64. The van der Waals surface area contributed by atoms with Crippen LogP contribution in [0, 0.1) is 13.8 Å². The van der Waals surface area contributed by atoms with Crippen LogP contribution in [0.5, 0.6) is 0 Å². The number of rotatable bonds is 9. The van der Waals surface area contributed by atoms with E-state index in [9.17, 15) is 4.79 Å². The highest BCUT2D eigenvalue weighted by molar-refractivity contribution is 5.80. The van der Waals surface area contributed by atoms with Crippen molar-refractivity contribution in [1.82, 2.24) is 30.1 Å². The topological polar surface area (TPSA) is 79.7 Å². The van der Waals surface area contributed by atoms with E-state index >= 15 is 0 Å². The number of hydrogen-bond acceptors (Lipinski definition) is 5. The molecule has 0 bridgehead atoms. The Kier molecular flexibility index (Phi) is 7.79. The van der Waals surface area contributed by atoms with Crippen LogP contribution in [0.2, 0.25) is 0 Å². The first-order valence-corrected chi connectivity index (χ1v) is 13.7. The normalized spacial score (nSPS) is 15.5. The van der Waals surface area contributed by atoms with Crippen molar-refractivity contribution in [3.63, 3.8) is 0 Å². The van der Waals surface area contributed by atoms with Crippen LogP contribution in [-0.4, -0.2) is 30.1 Å². The van der Waals surface area contributed by atoms with E-state index in [1.165, 1.54) is 36.0 Å². The molecule has 1 N–H and O–H groups in total. The average Bonchev–Trinajstić information content (AvgIpc) is 3.39. The second-order valence-electron chi connectivity index (χ2n) is 10.6. The van der Waals surface area contributed by atoms with E-state index in [-0.39, 0.29) is 11.6 Å². The average molecular weight is 499 g/mol. The summed E-state index contributed by atoms with van der Waals surface area (Å²) in [6.07, 6.45) is 7.90. The molecule has 37 heavy (non-hydrogen) atoms. The summed E-state index contributed by atoms with van der Waals surface area (Å²) < 4.78 is 2.09. The van der Waals surface area contributed by atoms with Crippen LogP contribution in [0.3, 0.4) is 0 Å². The summed E-state index contributed by atoms with van der Waals surface area (Å²) in [6, 6.07) is 17.1. The van der Waals surface area contributed by atoms with Crippen LogP contribution >= 0.6 is 0 Å². The monoisotopic (exact) mass is 498 g/mol. The van der Waals surface area contributed by atoms with Gasteiger partial charge in [-0.1, -0.05) is 62.9 Å². The van der Waals surface area contributed by atoms with Crippen molar-refractivity contribution in [1.29, 1.82) is 0 Å². The van der Waals surface area contributed by atoms with Gasteiger partial charge in [-0.05, 0) is 83.8 Å². The molecule has 1 fully saturated rings. The van der Waals surface area contributed by atoms with Crippen molar-refractivity contribution >= 4 is 10.9 Å². The van der Waals surface area contributed by atoms with Gasteiger partial charge in [0.2, 0.25) is 0 Å². The third-order valence-electron chi connectivity index (χ3n) is 7.88. The molecule has 1 saturated carbocycles. The molecule has 0 radical (unpaired) electrons. The van der Waals surface area contributed by atoms with Gasteiger partial charge in [0.1, 0.15) is 0 Å². The molecule has 4 aromatic rings. The molecular formula is C30H38N6O. The maximum absolute atomic E-state index is 13.3. The lowest BCUT2D eigenvalue weighted by molar-refractivity contribution is 0.150. The number of hydrogen-bond donors (Lipinski definition) is 1. The van der Waals surface area contributed by atoms with E-state index in [1.807, 2.05) is 6.07 Å². The summed E-state index contributed by atoms with van der Waals surface area (Å²) in [5.74, 6) is 0.924. The van der Waals surface area contributed by atoms with Crippen LogP contribution in [-0.2, 0) is 13.1 Å². The molecule has 0 aliphatic heterocycles. The fourth-order valence-corrected chi connectivity index (χ4v) is 5.71. The Hall–Kier alpha value is -3.32. The number of nitrogens with one attached hydrogen (secondary N) is 1. The molecule has 7 nitrogen and oxygen atoms in total. The first kappa shape index (κ1) is 25.3. The molecule has 2 heterocycles. The molecule has 1 aliphatic carbocycles. The minimum absolute atomic E-state index is 0.0111. The van der Waals surface area contributed by atoms with Gasteiger partial charge in [0.25, 0.3) is 5.56 Å². The number of nitrogens with zero attached hydrogens (tertiary/aromatic N) is 5. The van der Waals surface area contributed by atoms with E-state index in [2.05, 4.69) is 93.3 Å². The van der Waals surface area contributed by atoms with Crippen LogP contribution in [0.1, 0.15) is 92.0 Å². The lowest BCUT2D eigenvalue weighted by Crippen LogP contribution is -2.33. The minimum Gasteiger partial charge on any atom is -0.322 e. The van der Waals surface area contributed by atoms with Crippen molar-refractivity contribution in [2.24, 2.45) is 0 Å². The van der Waals surface area contributed by atoms with E-state index in [0.717, 1.165) is 48.0 Å². The molecule has 1 aliphatic rings. The quantitative estimate of drug-likeness (QED) is 0.298. The number of tetrazole rings is 1. The SMILES string of the molecule is CCC[C@H](c1nnnn1C1CCCCC1)N(Cc1ccccc1)Cc1cc2cc(C)c(C)cc2[nH]c1=O. The van der Waals surface area contributed by atoms with Gasteiger partial charge >= 0.3 is 0 Å². The van der Waals surface area contributed by atoms with Gasteiger partial charge in [0.15, 0.2) is 5.82 Å². The van der Waals surface area contributed by atoms with Crippen molar-refractivity contribution < 1.29 is 0 Å². The maximum atomic E-state index is 13.3. The Labute approximate surface area is 218 Å². The van der Waals surface area contributed by atoms with Gasteiger partial charge < -0.3 is 4.98 Å². The van der Waals surface area contributed by atoms with Gasteiger partial charge in [-0.3, -0.25) is 9.69 Å². The van der Waals surface area contributed by atoms with Gasteiger partial charge in [0, 0.05) is 24.2 Å². The number of aromatic nitrogens is 5. The smallest absolute Gasteiger partial charge is 0.252 e. The predicted molar refractivity (Wildman–Crippen MR) is 147 cm³/mol. The Balaban J connectivity index is 1.54. The van der Waals surface area contributed by atoms with Crippen LogP contribution in [0.15, 0.2) is 53.3 Å². The number of aromatic amines is 1. The molecule has 194 valence electrons. The summed E-state index contributed by atoms with van der Waals surface area (Å²) >= 11 is 0. The van der Waals surface area contributed by atoms with Crippen LogP contribution < -0.4 is 5.56 Å². The van der Waals surface area contributed by atoms with E-state index in [1.54, 1.807) is 0 Å². The molecular weight excluding hydrogens is 460 g/mol. The number of H-pyrrole nitrogens is 1. The Morgan fingerprint density at radius 3 is 2.54 bits per heavy atom. The summed E-state index contributed by atoms with van der Waals surface area (Å²) in [7, 11) is 0. The van der Waals surface area contributed by atoms with E-state index in [4.69, 9.17) is 0 Å². The number of fused-ring (bicyclic) bond motifs is 1. The van der Waals surface area contributed by atoms with Crippen molar-refractivity contribution in [3.05, 3.63) is 87.0 Å². The maximum Gasteiger partial charge on any atom is 0.252 e. The summed E-state index contributed by atoms with van der Waals surface area (Å²) in [4.78, 5) is 18.8. The minimum atomic E-state index is -0.0315. The molecule has 0 spiro atoms. The summed E-state index contributed by atoms with van der Waals surface area (Å²) in [5, 5.41) is 14.3. The highest BCUT2D eigenvalue weighted by atomic mass is 16.1. The summed E-state index contributed by atoms with van der Waals surface area (Å²) in [5.41, 5.74) is 5.24. The predicted octanol–water partition coefficient (Wildman–Crippen LogP) is 6.18. The Bertz CT molecular complexity index is 1390. The Morgan fingerprint density at radius 2 is 1.78 bits per heavy atom. The zero-order valence-electron chi connectivity index (χ0n) is 22.3. The third kappa shape index (κ3) is 5.67. The fourth-order valence-electron chi connectivity index (χ4n) is 5.71. The van der Waals surface area contributed by atoms with E-state index < -0.39 is 0 Å². The molecule has 1 atom stereocenters. The second-order valence-corrected chi connectivity index (χ2v) is 10.6. The lowest BCUT2D eigenvalue weighted by Gasteiger charge is -2.32. The van der Waals surface area contributed by atoms with Gasteiger partial charge in [-0.2, -0.15) is 0 Å². The Morgan fingerprint density at radius 1 is 1.03 bits per heavy atom. The molecule has 0 saturated heterocycles.